The molecule has 4 aromatic rings. The largest absolute Gasteiger partial charge is 0.441 e. The fourth-order valence-electron chi connectivity index (χ4n) is 2.74. The van der Waals surface area contributed by atoms with Gasteiger partial charge in [0.2, 0.25) is 5.88 Å². The van der Waals surface area contributed by atoms with Crippen molar-refractivity contribution in [3.05, 3.63) is 89.0 Å². The summed E-state index contributed by atoms with van der Waals surface area (Å²) in [7, 11) is 0. The van der Waals surface area contributed by atoms with Crippen molar-refractivity contribution in [3.8, 4) is 28.7 Å². The van der Waals surface area contributed by atoms with Crippen LogP contribution in [0.2, 0.25) is 10.0 Å². The highest BCUT2D eigenvalue weighted by Gasteiger charge is 2.13. The van der Waals surface area contributed by atoms with Crippen LogP contribution in [0.15, 0.2) is 77.5 Å². The van der Waals surface area contributed by atoms with Crippen molar-refractivity contribution >= 4 is 29.2 Å². The zero-order chi connectivity index (χ0) is 21.6. The van der Waals surface area contributed by atoms with Gasteiger partial charge in [0.15, 0.2) is 11.7 Å². The number of halogens is 2. The van der Waals surface area contributed by atoms with Crippen molar-refractivity contribution in [1.82, 2.24) is 9.97 Å². The first-order valence-corrected chi connectivity index (χ1v) is 10.1. The lowest BCUT2D eigenvalue weighted by atomic mass is 10.2. The normalized spacial score (nSPS) is 10.6. The van der Waals surface area contributed by atoms with Crippen LogP contribution in [0, 0.1) is 0 Å². The summed E-state index contributed by atoms with van der Waals surface area (Å²) in [5, 5.41) is 0.998. The molecule has 2 aromatic heterocycles. The van der Waals surface area contributed by atoms with E-state index in [-0.39, 0.29) is 6.42 Å². The number of nitrogens with zero attached hydrogens (tertiary/aromatic N) is 2. The van der Waals surface area contributed by atoms with E-state index < -0.39 is 5.97 Å². The van der Waals surface area contributed by atoms with Crippen LogP contribution in [-0.4, -0.2) is 15.9 Å². The Hall–Kier alpha value is -3.35. The quantitative estimate of drug-likeness (QED) is 0.238. The molecule has 0 saturated carbocycles. The van der Waals surface area contributed by atoms with Gasteiger partial charge in [0, 0.05) is 29.3 Å². The number of aryl methyl sites for hydroxylation is 1. The van der Waals surface area contributed by atoms with E-state index in [2.05, 4.69) is 9.97 Å². The van der Waals surface area contributed by atoms with E-state index in [1.807, 2.05) is 6.07 Å². The molecule has 0 atom stereocenters. The predicted molar refractivity (Wildman–Crippen MR) is 117 cm³/mol. The fraction of sp³-hybridized carbons (Fsp3) is 0.0870. The minimum absolute atomic E-state index is 0.112. The number of carbonyl (C=O) groups is 1. The van der Waals surface area contributed by atoms with Gasteiger partial charge in [-0.25, -0.2) is 9.97 Å². The first kappa shape index (κ1) is 20.9. The lowest BCUT2D eigenvalue weighted by molar-refractivity contribution is -0.134. The van der Waals surface area contributed by atoms with Crippen LogP contribution in [0.4, 0.5) is 0 Å². The van der Waals surface area contributed by atoms with Crippen LogP contribution in [-0.2, 0) is 11.2 Å². The van der Waals surface area contributed by atoms with Gasteiger partial charge in [0.1, 0.15) is 11.5 Å². The zero-order valence-electron chi connectivity index (χ0n) is 16.1. The summed E-state index contributed by atoms with van der Waals surface area (Å²) in [5.41, 5.74) is 0.681. The summed E-state index contributed by atoms with van der Waals surface area (Å²) in [5.74, 6) is 2.01. The second-order valence-electron chi connectivity index (χ2n) is 6.46. The summed E-state index contributed by atoms with van der Waals surface area (Å²) < 4.78 is 16.7. The Balaban J connectivity index is 1.30. The Labute approximate surface area is 188 Å². The number of esters is 1. The number of benzene rings is 2. The first-order chi connectivity index (χ1) is 15.1. The van der Waals surface area contributed by atoms with Crippen LogP contribution >= 0.6 is 23.2 Å². The summed E-state index contributed by atoms with van der Waals surface area (Å²) in [4.78, 5) is 20.5. The maximum absolute atomic E-state index is 12.2. The number of pyridine rings is 1. The molecular formula is C23H16Cl2N2O4. The molecule has 0 fully saturated rings. The van der Waals surface area contributed by atoms with Gasteiger partial charge < -0.3 is 13.9 Å². The Kier molecular flexibility index (Phi) is 6.50. The molecule has 2 aromatic carbocycles. The number of carbonyl (C=O) groups excluding carboxylic acids is 1. The molecule has 4 rings (SSSR count). The fourth-order valence-corrected chi connectivity index (χ4v) is 3.24. The lowest BCUT2D eigenvalue weighted by Crippen LogP contribution is -2.09. The molecule has 0 aliphatic rings. The number of hydrogen-bond donors (Lipinski definition) is 0. The third kappa shape index (κ3) is 5.63. The van der Waals surface area contributed by atoms with Crippen molar-refractivity contribution in [1.29, 1.82) is 0 Å². The molecule has 156 valence electrons. The average molecular weight is 455 g/mol. The van der Waals surface area contributed by atoms with E-state index in [0.29, 0.717) is 51.1 Å². The smallest absolute Gasteiger partial charge is 0.311 e. The Morgan fingerprint density at radius 1 is 0.968 bits per heavy atom. The molecule has 0 N–H and O–H groups in total. The maximum atomic E-state index is 12.2. The highest BCUT2D eigenvalue weighted by atomic mass is 35.5. The summed E-state index contributed by atoms with van der Waals surface area (Å²) >= 11 is 12.1. The molecule has 0 spiro atoms. The van der Waals surface area contributed by atoms with E-state index in [4.69, 9.17) is 37.1 Å². The van der Waals surface area contributed by atoms with Crippen molar-refractivity contribution < 1.29 is 18.7 Å². The van der Waals surface area contributed by atoms with Crippen LogP contribution in [0.1, 0.15) is 12.3 Å². The average Bonchev–Trinajstić information content (AvgIpc) is 3.23. The number of oxazole rings is 1. The molecule has 31 heavy (non-hydrogen) atoms. The van der Waals surface area contributed by atoms with Crippen LogP contribution in [0.3, 0.4) is 0 Å². The number of hydrogen-bond acceptors (Lipinski definition) is 6. The second kappa shape index (κ2) is 9.64. The molecule has 6 nitrogen and oxygen atoms in total. The van der Waals surface area contributed by atoms with Gasteiger partial charge in [-0.3, -0.25) is 4.79 Å². The van der Waals surface area contributed by atoms with Gasteiger partial charge in [-0.1, -0.05) is 29.3 Å². The molecule has 0 aliphatic heterocycles. The molecule has 0 saturated heterocycles. The molecule has 0 bridgehead atoms. The SMILES string of the molecule is O=C(CCc1ncc(-c2ccc(Cl)cc2Cl)o1)Oc1ccc(Oc2ccccn2)cc1. The Morgan fingerprint density at radius 2 is 1.77 bits per heavy atom. The molecule has 0 aliphatic carbocycles. The predicted octanol–water partition coefficient (Wildman–Crippen LogP) is 6.37. The van der Waals surface area contributed by atoms with E-state index in [1.165, 1.54) is 0 Å². The number of rotatable bonds is 7. The minimum atomic E-state index is -0.400. The van der Waals surface area contributed by atoms with Gasteiger partial charge in [-0.15, -0.1) is 0 Å². The topological polar surface area (TPSA) is 74.5 Å². The third-order valence-electron chi connectivity index (χ3n) is 4.21. The van der Waals surface area contributed by atoms with E-state index in [0.717, 1.165) is 0 Å². The van der Waals surface area contributed by atoms with E-state index in [9.17, 15) is 4.79 Å². The summed E-state index contributed by atoms with van der Waals surface area (Å²) in [6.07, 6.45) is 3.62. The standard InChI is InChI=1S/C23H16Cl2N2O4/c24-15-4-9-18(19(25)13-15)20-14-27-22(31-20)10-11-23(28)30-17-7-5-16(6-8-17)29-21-3-1-2-12-26-21/h1-9,12-14H,10-11H2. The monoisotopic (exact) mass is 454 g/mol. The summed E-state index contributed by atoms with van der Waals surface area (Å²) in [6.45, 7) is 0. The Bertz CT molecular complexity index is 1180. The zero-order valence-corrected chi connectivity index (χ0v) is 17.6. The van der Waals surface area contributed by atoms with E-state index >= 15 is 0 Å². The molecule has 2 heterocycles. The van der Waals surface area contributed by atoms with Gasteiger partial charge in [0.05, 0.1) is 17.6 Å². The van der Waals surface area contributed by atoms with Gasteiger partial charge >= 0.3 is 5.97 Å². The minimum Gasteiger partial charge on any atom is -0.441 e. The summed E-state index contributed by atoms with van der Waals surface area (Å²) in [6, 6.07) is 17.2. The highest BCUT2D eigenvalue weighted by Crippen LogP contribution is 2.31. The van der Waals surface area contributed by atoms with Crippen molar-refractivity contribution in [2.45, 2.75) is 12.8 Å². The highest BCUT2D eigenvalue weighted by molar-refractivity contribution is 6.36. The molecule has 8 heteroatoms. The molecule has 0 amide bonds. The third-order valence-corrected chi connectivity index (χ3v) is 4.76. The van der Waals surface area contributed by atoms with Crippen LogP contribution in [0.5, 0.6) is 17.4 Å². The lowest BCUT2D eigenvalue weighted by Gasteiger charge is -2.06. The van der Waals surface area contributed by atoms with Crippen LogP contribution < -0.4 is 9.47 Å². The Morgan fingerprint density at radius 3 is 2.52 bits per heavy atom. The van der Waals surface area contributed by atoms with Crippen molar-refractivity contribution in [3.63, 3.8) is 0 Å². The number of ether oxygens (including phenoxy) is 2. The first-order valence-electron chi connectivity index (χ1n) is 9.36. The van der Waals surface area contributed by atoms with Crippen LogP contribution in [0.25, 0.3) is 11.3 Å². The van der Waals surface area contributed by atoms with Gasteiger partial charge in [-0.05, 0) is 48.5 Å². The van der Waals surface area contributed by atoms with Gasteiger partial charge in [-0.2, -0.15) is 0 Å². The maximum Gasteiger partial charge on any atom is 0.311 e. The molecule has 0 radical (unpaired) electrons. The van der Waals surface area contributed by atoms with Gasteiger partial charge in [0.25, 0.3) is 0 Å². The second-order valence-corrected chi connectivity index (χ2v) is 7.30. The molecule has 0 unspecified atom stereocenters. The van der Waals surface area contributed by atoms with E-state index in [1.54, 1.807) is 67.0 Å². The molecular weight excluding hydrogens is 439 g/mol. The van der Waals surface area contributed by atoms with Crippen molar-refractivity contribution in [2.24, 2.45) is 0 Å². The van der Waals surface area contributed by atoms with Crippen molar-refractivity contribution in [2.75, 3.05) is 0 Å². The number of aromatic nitrogens is 2.